The summed E-state index contributed by atoms with van der Waals surface area (Å²) in [5.41, 5.74) is 11.4. The summed E-state index contributed by atoms with van der Waals surface area (Å²) in [5.74, 6) is 1.91. The van der Waals surface area contributed by atoms with Gasteiger partial charge in [0.15, 0.2) is 17.5 Å². The minimum Gasteiger partial charge on any atom is -0.455 e. The maximum absolute atomic E-state index is 6.74. The van der Waals surface area contributed by atoms with Crippen molar-refractivity contribution in [2.45, 2.75) is 0 Å². The Morgan fingerprint density at radius 3 is 1.43 bits per heavy atom. The third kappa shape index (κ3) is 5.54. The molecule has 0 aliphatic rings. The smallest absolute Gasteiger partial charge is 0.164 e. The fraction of sp³-hybridized carbons (Fsp3) is 0. The van der Waals surface area contributed by atoms with Crippen LogP contribution in [0.2, 0.25) is 0 Å². The molecule has 0 unspecified atom stereocenters. The molecule has 0 N–H and O–H groups in total. The van der Waals surface area contributed by atoms with E-state index in [-0.39, 0.29) is 0 Å². The monoisotopic (exact) mass is 677 g/mol. The summed E-state index contributed by atoms with van der Waals surface area (Å²) in [6.07, 6.45) is 0. The Balaban J connectivity index is 1.12. The first kappa shape index (κ1) is 30.6. The number of nitrogens with zero attached hydrogens (tertiary/aromatic N) is 3. The van der Waals surface area contributed by atoms with Gasteiger partial charge in [0.25, 0.3) is 0 Å². The lowest BCUT2D eigenvalue weighted by atomic mass is 9.93. The molecule has 0 aliphatic carbocycles. The van der Waals surface area contributed by atoms with Crippen molar-refractivity contribution in [3.05, 3.63) is 188 Å². The highest BCUT2D eigenvalue weighted by atomic mass is 16.3. The normalized spacial score (nSPS) is 11.4. The topological polar surface area (TPSA) is 51.8 Å². The Labute approximate surface area is 306 Å². The zero-order valence-electron chi connectivity index (χ0n) is 28.6. The van der Waals surface area contributed by atoms with Crippen LogP contribution in [0.1, 0.15) is 0 Å². The second kappa shape index (κ2) is 12.9. The first-order valence-corrected chi connectivity index (χ1v) is 17.8. The molecule has 0 spiro atoms. The highest BCUT2D eigenvalue weighted by Crippen LogP contribution is 2.42. The first-order chi connectivity index (χ1) is 26.3. The van der Waals surface area contributed by atoms with Gasteiger partial charge in [-0.3, -0.25) is 0 Å². The average Bonchev–Trinajstić information content (AvgIpc) is 3.62. The molecular weight excluding hydrogens is 647 g/mol. The van der Waals surface area contributed by atoms with Gasteiger partial charge in [0.2, 0.25) is 0 Å². The standard InChI is InChI=1S/C49H31N3O/c1-4-15-32(16-5-1)38-23-10-11-24-39(38)36-27-28-41-44-31-43(40-25-12-13-26-42(40)46(44)53-45(41)30-36)35-21-14-22-37(29-35)49-51-47(33-17-6-2-7-18-33)50-48(52-49)34-19-8-3-9-20-34/h1-31H. The highest BCUT2D eigenvalue weighted by molar-refractivity contribution is 6.19. The maximum atomic E-state index is 6.74. The van der Waals surface area contributed by atoms with Crippen molar-refractivity contribution in [1.82, 2.24) is 15.0 Å². The lowest BCUT2D eigenvalue weighted by molar-refractivity contribution is 0.673. The molecule has 0 bridgehead atoms. The van der Waals surface area contributed by atoms with E-state index in [1.165, 1.54) is 16.7 Å². The van der Waals surface area contributed by atoms with Crippen molar-refractivity contribution in [2.75, 3.05) is 0 Å². The Morgan fingerprint density at radius 2 is 0.774 bits per heavy atom. The van der Waals surface area contributed by atoms with Crippen LogP contribution in [0.3, 0.4) is 0 Å². The summed E-state index contributed by atoms with van der Waals surface area (Å²) in [6, 6.07) is 65.2. The molecule has 0 saturated heterocycles. The van der Waals surface area contributed by atoms with Crippen LogP contribution >= 0.6 is 0 Å². The average molecular weight is 678 g/mol. The fourth-order valence-corrected chi connectivity index (χ4v) is 7.37. The van der Waals surface area contributed by atoms with Crippen molar-refractivity contribution in [1.29, 1.82) is 0 Å². The van der Waals surface area contributed by atoms with E-state index < -0.39 is 0 Å². The van der Waals surface area contributed by atoms with Gasteiger partial charge in [0.05, 0.1) is 0 Å². The van der Waals surface area contributed by atoms with Crippen molar-refractivity contribution in [3.8, 4) is 67.5 Å². The molecule has 0 aliphatic heterocycles. The number of furan rings is 1. The van der Waals surface area contributed by atoms with E-state index in [4.69, 9.17) is 19.4 Å². The van der Waals surface area contributed by atoms with E-state index in [1.54, 1.807) is 0 Å². The molecule has 2 aromatic heterocycles. The predicted molar refractivity (Wildman–Crippen MR) is 217 cm³/mol. The summed E-state index contributed by atoms with van der Waals surface area (Å²) in [4.78, 5) is 14.9. The first-order valence-electron chi connectivity index (χ1n) is 17.8. The summed E-state index contributed by atoms with van der Waals surface area (Å²) in [5, 5.41) is 4.36. The van der Waals surface area contributed by atoms with Crippen LogP contribution in [0.25, 0.3) is 100 Å². The summed E-state index contributed by atoms with van der Waals surface area (Å²) < 4.78 is 6.74. The van der Waals surface area contributed by atoms with Crippen molar-refractivity contribution >= 4 is 32.7 Å². The Morgan fingerprint density at radius 1 is 0.283 bits per heavy atom. The fourth-order valence-electron chi connectivity index (χ4n) is 7.37. The number of hydrogen-bond acceptors (Lipinski definition) is 4. The van der Waals surface area contributed by atoms with Crippen LogP contribution in [-0.2, 0) is 0 Å². The van der Waals surface area contributed by atoms with Crippen LogP contribution in [0.15, 0.2) is 192 Å². The van der Waals surface area contributed by atoms with Gasteiger partial charge in [-0.05, 0) is 63.0 Å². The maximum Gasteiger partial charge on any atom is 0.164 e. The Bertz CT molecular complexity index is 2880. The molecule has 4 nitrogen and oxygen atoms in total. The van der Waals surface area contributed by atoms with Crippen molar-refractivity contribution in [2.24, 2.45) is 0 Å². The molecular formula is C49H31N3O. The van der Waals surface area contributed by atoms with Gasteiger partial charge in [-0.1, -0.05) is 164 Å². The second-order valence-electron chi connectivity index (χ2n) is 13.2. The molecule has 2 heterocycles. The Hall–Kier alpha value is -7.17. The molecule has 0 radical (unpaired) electrons. The zero-order chi connectivity index (χ0) is 35.1. The predicted octanol–water partition coefficient (Wildman–Crippen LogP) is 12.9. The molecule has 0 fully saturated rings. The van der Waals surface area contributed by atoms with Crippen molar-refractivity contribution in [3.63, 3.8) is 0 Å². The van der Waals surface area contributed by atoms with Crippen LogP contribution in [-0.4, -0.2) is 15.0 Å². The molecule has 10 aromatic rings. The quantitative estimate of drug-likeness (QED) is 0.176. The van der Waals surface area contributed by atoms with Gasteiger partial charge >= 0.3 is 0 Å². The SMILES string of the molecule is c1ccc(-c2nc(-c3ccccc3)nc(-c3cccc(-c4cc5c6ccc(-c7ccccc7-c7ccccc7)cc6oc5c5ccccc45)c3)n2)cc1. The van der Waals surface area contributed by atoms with Gasteiger partial charge in [-0.2, -0.15) is 0 Å². The van der Waals surface area contributed by atoms with E-state index in [2.05, 4.69) is 127 Å². The van der Waals surface area contributed by atoms with Crippen molar-refractivity contribution < 1.29 is 4.42 Å². The second-order valence-corrected chi connectivity index (χ2v) is 13.2. The summed E-state index contributed by atoms with van der Waals surface area (Å²) in [6.45, 7) is 0. The Kier molecular flexibility index (Phi) is 7.43. The third-order valence-electron chi connectivity index (χ3n) is 9.93. The van der Waals surface area contributed by atoms with Gasteiger partial charge in [0.1, 0.15) is 11.2 Å². The van der Waals surface area contributed by atoms with E-state index in [0.717, 1.165) is 66.1 Å². The van der Waals surface area contributed by atoms with Crippen LogP contribution in [0, 0.1) is 0 Å². The van der Waals surface area contributed by atoms with E-state index in [0.29, 0.717) is 17.5 Å². The highest BCUT2D eigenvalue weighted by Gasteiger charge is 2.18. The number of hydrogen-bond donors (Lipinski definition) is 0. The molecule has 248 valence electrons. The lowest BCUT2D eigenvalue weighted by Crippen LogP contribution is -2.00. The van der Waals surface area contributed by atoms with E-state index in [1.807, 2.05) is 60.7 Å². The lowest BCUT2D eigenvalue weighted by Gasteiger charge is -2.11. The van der Waals surface area contributed by atoms with Crippen LogP contribution in [0.4, 0.5) is 0 Å². The zero-order valence-corrected chi connectivity index (χ0v) is 28.6. The molecule has 10 rings (SSSR count). The third-order valence-corrected chi connectivity index (χ3v) is 9.93. The van der Waals surface area contributed by atoms with E-state index in [9.17, 15) is 0 Å². The largest absolute Gasteiger partial charge is 0.455 e. The number of benzene rings is 8. The van der Waals surface area contributed by atoms with Gasteiger partial charge < -0.3 is 4.42 Å². The number of aromatic nitrogens is 3. The molecule has 0 saturated carbocycles. The van der Waals surface area contributed by atoms with Gasteiger partial charge in [-0.15, -0.1) is 0 Å². The minimum absolute atomic E-state index is 0.627. The molecule has 8 aromatic carbocycles. The van der Waals surface area contributed by atoms with E-state index >= 15 is 0 Å². The van der Waals surface area contributed by atoms with Gasteiger partial charge in [-0.25, -0.2) is 15.0 Å². The number of rotatable bonds is 6. The van der Waals surface area contributed by atoms with Crippen LogP contribution in [0.5, 0.6) is 0 Å². The van der Waals surface area contributed by atoms with Gasteiger partial charge in [0, 0.05) is 32.8 Å². The molecule has 0 amide bonds. The molecule has 4 heteroatoms. The summed E-state index contributed by atoms with van der Waals surface area (Å²) in [7, 11) is 0. The minimum atomic E-state index is 0.627. The molecule has 53 heavy (non-hydrogen) atoms. The summed E-state index contributed by atoms with van der Waals surface area (Å²) >= 11 is 0. The van der Waals surface area contributed by atoms with Crippen LogP contribution < -0.4 is 0 Å². The molecule has 0 atom stereocenters. The number of fused-ring (bicyclic) bond motifs is 5.